The van der Waals surface area contributed by atoms with E-state index in [0.29, 0.717) is 31.7 Å². The summed E-state index contributed by atoms with van der Waals surface area (Å²) >= 11 is 0. The van der Waals surface area contributed by atoms with Crippen molar-refractivity contribution in [3.05, 3.63) is 35.6 Å². The monoisotopic (exact) mass is 446 g/mol. The zero-order valence-electron chi connectivity index (χ0n) is 19.3. The van der Waals surface area contributed by atoms with Crippen LogP contribution in [0.4, 0.5) is 4.39 Å². The zero-order valence-corrected chi connectivity index (χ0v) is 19.3. The van der Waals surface area contributed by atoms with E-state index in [-0.39, 0.29) is 23.8 Å². The van der Waals surface area contributed by atoms with Gasteiger partial charge in [0.25, 0.3) is 5.91 Å². The fourth-order valence-electron chi connectivity index (χ4n) is 4.40. The van der Waals surface area contributed by atoms with Crippen molar-refractivity contribution in [2.24, 2.45) is 5.92 Å². The van der Waals surface area contributed by atoms with Crippen molar-refractivity contribution in [1.29, 1.82) is 0 Å². The van der Waals surface area contributed by atoms with E-state index < -0.39 is 17.8 Å². The molecule has 176 valence electrons. The molecule has 0 spiro atoms. The van der Waals surface area contributed by atoms with Crippen LogP contribution in [0.3, 0.4) is 0 Å². The average Bonchev–Trinajstić information content (AvgIpc) is 2.82. The van der Waals surface area contributed by atoms with Gasteiger partial charge in [-0.1, -0.05) is 13.8 Å². The number of carbonyl (C=O) groups excluding carboxylic acids is 3. The van der Waals surface area contributed by atoms with Gasteiger partial charge in [0.2, 0.25) is 11.8 Å². The van der Waals surface area contributed by atoms with Crippen LogP contribution in [0.25, 0.3) is 0 Å². The van der Waals surface area contributed by atoms with Crippen LogP contribution in [-0.2, 0) is 9.59 Å². The topological polar surface area (TPSA) is 73.0 Å². The zero-order chi connectivity index (χ0) is 23.3. The van der Waals surface area contributed by atoms with Crippen LogP contribution in [0.2, 0.25) is 0 Å². The van der Waals surface area contributed by atoms with Crippen LogP contribution in [-0.4, -0.2) is 83.8 Å². The van der Waals surface area contributed by atoms with Crippen molar-refractivity contribution in [1.82, 2.24) is 20.0 Å². The number of rotatable bonds is 6. The normalized spacial score (nSPS) is 19.5. The highest BCUT2D eigenvalue weighted by atomic mass is 19.1. The molecule has 32 heavy (non-hydrogen) atoms. The highest BCUT2D eigenvalue weighted by molar-refractivity contribution is 5.97. The Morgan fingerprint density at radius 3 is 1.94 bits per heavy atom. The Morgan fingerprint density at radius 2 is 1.38 bits per heavy atom. The van der Waals surface area contributed by atoms with Gasteiger partial charge in [-0.25, -0.2) is 4.39 Å². The van der Waals surface area contributed by atoms with Gasteiger partial charge >= 0.3 is 0 Å². The van der Waals surface area contributed by atoms with Crippen LogP contribution in [0, 0.1) is 11.7 Å². The quantitative estimate of drug-likeness (QED) is 0.727. The maximum Gasteiger partial charge on any atom is 0.251 e. The van der Waals surface area contributed by atoms with Crippen LogP contribution in [0.1, 0.15) is 50.4 Å². The van der Waals surface area contributed by atoms with Gasteiger partial charge in [-0.15, -0.1) is 0 Å². The Balaban J connectivity index is 1.55. The summed E-state index contributed by atoms with van der Waals surface area (Å²) < 4.78 is 13.1. The molecule has 1 N–H and O–H groups in total. The standard InChI is InChI=1S/C24H35FN4O3/c1-17(2)21(26-22(30)19-7-9-20(25)10-8-19)24(32)29-15-13-27(14-16-29)18(3)23(31)28-11-5-4-6-12-28/h7-10,17-18,21H,4-6,11-16H2,1-3H3,(H,26,30). The predicted molar refractivity (Wildman–Crippen MR) is 121 cm³/mol. The van der Waals surface area contributed by atoms with Gasteiger partial charge in [-0.05, 0) is 56.4 Å². The summed E-state index contributed by atoms with van der Waals surface area (Å²) in [5.74, 6) is -0.842. The molecule has 0 bridgehead atoms. The van der Waals surface area contributed by atoms with E-state index in [1.807, 2.05) is 25.7 Å². The minimum Gasteiger partial charge on any atom is -0.341 e. The molecule has 0 radical (unpaired) electrons. The predicted octanol–water partition coefficient (Wildman–Crippen LogP) is 2.13. The Hall–Kier alpha value is -2.48. The molecule has 0 aliphatic carbocycles. The van der Waals surface area contributed by atoms with Crippen LogP contribution < -0.4 is 5.32 Å². The van der Waals surface area contributed by atoms with E-state index in [1.165, 1.54) is 30.7 Å². The molecule has 0 aromatic heterocycles. The first-order chi connectivity index (χ1) is 15.3. The molecular formula is C24H35FN4O3. The SMILES string of the molecule is CC(C)C(NC(=O)c1ccc(F)cc1)C(=O)N1CCN(C(C)C(=O)N2CCCCC2)CC1. The van der Waals surface area contributed by atoms with E-state index in [2.05, 4.69) is 10.2 Å². The molecule has 2 saturated heterocycles. The molecule has 2 heterocycles. The third-order valence-electron chi connectivity index (χ3n) is 6.52. The van der Waals surface area contributed by atoms with E-state index in [0.717, 1.165) is 25.9 Å². The molecular weight excluding hydrogens is 411 g/mol. The molecule has 3 rings (SSSR count). The van der Waals surface area contributed by atoms with E-state index in [9.17, 15) is 18.8 Å². The third kappa shape index (κ3) is 5.85. The first kappa shape index (κ1) is 24.2. The van der Waals surface area contributed by atoms with Crippen LogP contribution in [0.15, 0.2) is 24.3 Å². The minimum atomic E-state index is -0.661. The Kier molecular flexibility index (Phi) is 8.23. The summed E-state index contributed by atoms with van der Waals surface area (Å²) in [6.07, 6.45) is 3.33. The number of nitrogens with zero attached hydrogens (tertiary/aromatic N) is 3. The van der Waals surface area contributed by atoms with Gasteiger partial charge in [0.15, 0.2) is 0 Å². The van der Waals surface area contributed by atoms with Gasteiger partial charge in [0.1, 0.15) is 11.9 Å². The second-order valence-electron chi connectivity index (χ2n) is 9.13. The Bertz CT molecular complexity index is 800. The molecule has 1 aromatic carbocycles. The fraction of sp³-hybridized carbons (Fsp3) is 0.625. The minimum absolute atomic E-state index is 0.0930. The van der Waals surface area contributed by atoms with E-state index in [4.69, 9.17) is 0 Å². The second-order valence-corrected chi connectivity index (χ2v) is 9.13. The average molecular weight is 447 g/mol. The van der Waals surface area contributed by atoms with E-state index >= 15 is 0 Å². The first-order valence-corrected chi connectivity index (χ1v) is 11.7. The number of nitrogens with one attached hydrogen (secondary N) is 1. The maximum absolute atomic E-state index is 13.2. The van der Waals surface area contributed by atoms with Crippen molar-refractivity contribution < 1.29 is 18.8 Å². The van der Waals surface area contributed by atoms with Crippen molar-refractivity contribution in [2.45, 2.75) is 52.1 Å². The van der Waals surface area contributed by atoms with Gasteiger partial charge in [-0.3, -0.25) is 19.3 Å². The lowest BCUT2D eigenvalue weighted by molar-refractivity contribution is -0.140. The molecule has 2 aliphatic rings. The summed E-state index contributed by atoms with van der Waals surface area (Å²) in [5.41, 5.74) is 0.319. The second kappa shape index (κ2) is 10.9. The van der Waals surface area contributed by atoms with Gasteiger partial charge in [0.05, 0.1) is 6.04 Å². The van der Waals surface area contributed by atoms with Crippen molar-refractivity contribution in [3.8, 4) is 0 Å². The maximum atomic E-state index is 13.2. The number of hydrogen-bond acceptors (Lipinski definition) is 4. The third-order valence-corrected chi connectivity index (χ3v) is 6.52. The molecule has 2 atom stereocenters. The number of likely N-dealkylation sites (tertiary alicyclic amines) is 1. The molecule has 2 unspecified atom stereocenters. The number of carbonyl (C=O) groups is 3. The smallest absolute Gasteiger partial charge is 0.251 e. The van der Waals surface area contributed by atoms with Crippen LogP contribution in [0.5, 0.6) is 0 Å². The van der Waals surface area contributed by atoms with Gasteiger partial charge < -0.3 is 15.1 Å². The largest absolute Gasteiger partial charge is 0.341 e. The van der Waals surface area contributed by atoms with Gasteiger partial charge in [-0.2, -0.15) is 0 Å². The van der Waals surface area contributed by atoms with Crippen LogP contribution >= 0.6 is 0 Å². The fourth-order valence-corrected chi connectivity index (χ4v) is 4.40. The van der Waals surface area contributed by atoms with E-state index in [1.54, 1.807) is 4.90 Å². The number of halogens is 1. The molecule has 1 aromatic rings. The van der Waals surface area contributed by atoms with Crippen molar-refractivity contribution in [3.63, 3.8) is 0 Å². The summed E-state index contributed by atoms with van der Waals surface area (Å²) in [6, 6.07) is 4.42. The number of hydrogen-bond donors (Lipinski definition) is 1. The molecule has 0 saturated carbocycles. The van der Waals surface area contributed by atoms with Gasteiger partial charge in [0, 0.05) is 44.8 Å². The summed E-state index contributed by atoms with van der Waals surface area (Å²) in [5, 5.41) is 2.82. The molecule has 2 fully saturated rings. The van der Waals surface area contributed by atoms with Crippen molar-refractivity contribution >= 4 is 17.7 Å². The molecule has 2 aliphatic heterocycles. The van der Waals surface area contributed by atoms with Crippen molar-refractivity contribution in [2.75, 3.05) is 39.3 Å². The lowest BCUT2D eigenvalue weighted by Gasteiger charge is -2.40. The lowest BCUT2D eigenvalue weighted by Crippen LogP contribution is -2.59. The number of piperidine rings is 1. The molecule has 7 nitrogen and oxygen atoms in total. The number of amides is 3. The Morgan fingerprint density at radius 1 is 0.812 bits per heavy atom. The molecule has 3 amide bonds. The summed E-state index contributed by atoms with van der Waals surface area (Å²) in [6.45, 7) is 9.71. The highest BCUT2D eigenvalue weighted by Gasteiger charge is 2.34. The lowest BCUT2D eigenvalue weighted by atomic mass is 10.0. The number of piperazine rings is 1. The number of benzene rings is 1. The Labute approximate surface area is 189 Å². The summed E-state index contributed by atoms with van der Waals surface area (Å²) in [4.78, 5) is 44.4. The highest BCUT2D eigenvalue weighted by Crippen LogP contribution is 2.16. The summed E-state index contributed by atoms with van der Waals surface area (Å²) in [7, 11) is 0. The first-order valence-electron chi connectivity index (χ1n) is 11.7. The molecule has 8 heteroatoms.